The molecule has 20 heavy (non-hydrogen) atoms. The fourth-order valence-electron chi connectivity index (χ4n) is 2.04. The Balaban J connectivity index is 1.71. The maximum absolute atomic E-state index is 10.2. The SMILES string of the molecule is Nc1ccc(C(O)CNc2snc3ccccc23)cc1. The van der Waals surface area contributed by atoms with Gasteiger partial charge in [-0.2, -0.15) is 4.37 Å². The molecule has 102 valence electrons. The van der Waals surface area contributed by atoms with Crippen LogP contribution < -0.4 is 11.1 Å². The van der Waals surface area contributed by atoms with Gasteiger partial charge in [0.1, 0.15) is 5.00 Å². The van der Waals surface area contributed by atoms with Crippen molar-refractivity contribution >= 4 is 33.1 Å². The van der Waals surface area contributed by atoms with Crippen molar-refractivity contribution in [3.63, 3.8) is 0 Å². The van der Waals surface area contributed by atoms with Crippen molar-refractivity contribution in [3.05, 3.63) is 54.1 Å². The van der Waals surface area contributed by atoms with Crippen molar-refractivity contribution in [3.8, 4) is 0 Å². The summed E-state index contributed by atoms with van der Waals surface area (Å²) in [5.41, 5.74) is 8.15. The topological polar surface area (TPSA) is 71.2 Å². The first-order chi connectivity index (χ1) is 9.74. The summed E-state index contributed by atoms with van der Waals surface area (Å²) < 4.78 is 4.36. The van der Waals surface area contributed by atoms with Gasteiger partial charge < -0.3 is 16.2 Å². The second kappa shape index (κ2) is 5.48. The van der Waals surface area contributed by atoms with E-state index in [1.165, 1.54) is 11.5 Å². The lowest BCUT2D eigenvalue weighted by molar-refractivity contribution is 0.192. The van der Waals surface area contributed by atoms with E-state index < -0.39 is 6.10 Å². The van der Waals surface area contributed by atoms with Crippen LogP contribution in [-0.4, -0.2) is 16.0 Å². The first kappa shape index (κ1) is 12.9. The summed E-state index contributed by atoms with van der Waals surface area (Å²) in [6.07, 6.45) is -0.573. The quantitative estimate of drug-likeness (QED) is 0.644. The zero-order valence-electron chi connectivity index (χ0n) is 10.8. The van der Waals surface area contributed by atoms with E-state index in [1.54, 1.807) is 12.1 Å². The number of anilines is 2. The number of nitrogens with two attached hydrogens (primary N) is 1. The lowest BCUT2D eigenvalue weighted by Crippen LogP contribution is -2.11. The summed E-state index contributed by atoms with van der Waals surface area (Å²) in [7, 11) is 0. The van der Waals surface area contributed by atoms with Crippen LogP contribution in [-0.2, 0) is 0 Å². The molecular weight excluding hydrogens is 270 g/mol. The molecule has 0 fully saturated rings. The predicted molar refractivity (Wildman–Crippen MR) is 83.9 cm³/mol. The maximum atomic E-state index is 10.2. The Morgan fingerprint density at radius 3 is 2.70 bits per heavy atom. The number of hydrogen-bond acceptors (Lipinski definition) is 5. The van der Waals surface area contributed by atoms with Gasteiger partial charge in [0.25, 0.3) is 0 Å². The van der Waals surface area contributed by atoms with Crippen LogP contribution in [0.5, 0.6) is 0 Å². The molecule has 3 rings (SSSR count). The summed E-state index contributed by atoms with van der Waals surface area (Å²) in [5, 5.41) is 15.5. The van der Waals surface area contributed by atoms with Crippen molar-refractivity contribution in [1.82, 2.24) is 4.37 Å². The number of nitrogens with zero attached hydrogens (tertiary/aromatic N) is 1. The van der Waals surface area contributed by atoms with Gasteiger partial charge >= 0.3 is 0 Å². The van der Waals surface area contributed by atoms with Gasteiger partial charge in [-0.15, -0.1) is 0 Å². The molecule has 0 spiro atoms. The number of aromatic nitrogens is 1. The molecule has 0 radical (unpaired) electrons. The van der Waals surface area contributed by atoms with Gasteiger partial charge in [-0.1, -0.05) is 24.3 Å². The number of hydrogen-bond donors (Lipinski definition) is 3. The summed E-state index contributed by atoms with van der Waals surface area (Å²) in [4.78, 5) is 0. The largest absolute Gasteiger partial charge is 0.399 e. The molecule has 0 saturated carbocycles. The zero-order chi connectivity index (χ0) is 13.9. The van der Waals surface area contributed by atoms with Crippen LogP contribution in [0, 0.1) is 0 Å². The van der Waals surface area contributed by atoms with Crippen LogP contribution in [0.15, 0.2) is 48.5 Å². The number of aliphatic hydroxyl groups excluding tert-OH is 1. The molecule has 4 N–H and O–H groups in total. The Morgan fingerprint density at radius 2 is 1.90 bits per heavy atom. The van der Waals surface area contributed by atoms with Crippen molar-refractivity contribution in [2.75, 3.05) is 17.6 Å². The smallest absolute Gasteiger partial charge is 0.117 e. The molecular formula is C15H15N3OS. The van der Waals surface area contributed by atoms with Crippen LogP contribution in [0.2, 0.25) is 0 Å². The molecule has 1 atom stereocenters. The predicted octanol–water partition coefficient (Wildman–Crippen LogP) is 3.02. The van der Waals surface area contributed by atoms with Crippen molar-refractivity contribution in [2.24, 2.45) is 0 Å². The van der Waals surface area contributed by atoms with Crippen molar-refractivity contribution in [1.29, 1.82) is 0 Å². The molecule has 1 heterocycles. The highest BCUT2D eigenvalue weighted by Gasteiger charge is 2.09. The average Bonchev–Trinajstić information content (AvgIpc) is 2.89. The van der Waals surface area contributed by atoms with Crippen molar-refractivity contribution < 1.29 is 5.11 Å². The van der Waals surface area contributed by atoms with Gasteiger partial charge in [0.2, 0.25) is 0 Å². The van der Waals surface area contributed by atoms with Crippen LogP contribution in [0.1, 0.15) is 11.7 Å². The highest BCUT2D eigenvalue weighted by molar-refractivity contribution is 7.11. The van der Waals surface area contributed by atoms with Crippen LogP contribution >= 0.6 is 11.5 Å². The summed E-state index contributed by atoms with van der Waals surface area (Å²) >= 11 is 1.41. The highest BCUT2D eigenvalue weighted by atomic mass is 32.1. The monoisotopic (exact) mass is 285 g/mol. The number of fused-ring (bicyclic) bond motifs is 1. The van der Waals surface area contributed by atoms with E-state index in [1.807, 2.05) is 36.4 Å². The molecule has 0 amide bonds. The van der Waals surface area contributed by atoms with Gasteiger partial charge in [-0.25, -0.2) is 0 Å². The number of rotatable bonds is 4. The van der Waals surface area contributed by atoms with Crippen LogP contribution in [0.25, 0.3) is 10.9 Å². The lowest BCUT2D eigenvalue weighted by Gasteiger charge is -2.12. The average molecular weight is 285 g/mol. The second-order valence-electron chi connectivity index (χ2n) is 4.59. The minimum Gasteiger partial charge on any atom is -0.399 e. The Labute approximate surface area is 121 Å². The van der Waals surface area contributed by atoms with E-state index in [-0.39, 0.29) is 0 Å². The van der Waals surface area contributed by atoms with Gasteiger partial charge in [-0.05, 0) is 41.4 Å². The van der Waals surface area contributed by atoms with Crippen molar-refractivity contribution in [2.45, 2.75) is 6.10 Å². The number of benzene rings is 2. The fraction of sp³-hybridized carbons (Fsp3) is 0.133. The van der Waals surface area contributed by atoms with Crippen LogP contribution in [0.4, 0.5) is 10.7 Å². The molecule has 1 aromatic heterocycles. The molecule has 0 saturated heterocycles. The number of nitrogen functional groups attached to an aromatic ring is 1. The molecule has 0 bridgehead atoms. The Bertz CT molecular complexity index is 708. The van der Waals surface area contributed by atoms with Gasteiger partial charge in [0.15, 0.2) is 0 Å². The molecule has 5 heteroatoms. The third kappa shape index (κ3) is 2.59. The molecule has 3 aromatic rings. The van der Waals surface area contributed by atoms with E-state index in [4.69, 9.17) is 5.73 Å². The van der Waals surface area contributed by atoms with E-state index in [0.29, 0.717) is 12.2 Å². The molecule has 0 aliphatic rings. The Kier molecular flexibility index (Phi) is 3.54. The first-order valence-electron chi connectivity index (χ1n) is 6.36. The Hall–Kier alpha value is -2.11. The van der Waals surface area contributed by atoms with E-state index in [9.17, 15) is 5.11 Å². The van der Waals surface area contributed by atoms with Crippen LogP contribution in [0.3, 0.4) is 0 Å². The van der Waals surface area contributed by atoms with Gasteiger partial charge in [-0.3, -0.25) is 0 Å². The maximum Gasteiger partial charge on any atom is 0.117 e. The lowest BCUT2D eigenvalue weighted by atomic mass is 10.1. The standard InChI is InChI=1S/C15H15N3OS/c16-11-7-5-10(6-8-11)14(19)9-17-15-12-3-1-2-4-13(12)18-20-15/h1-8,14,17,19H,9,16H2. The van der Waals surface area contributed by atoms with E-state index in [0.717, 1.165) is 21.5 Å². The van der Waals surface area contributed by atoms with E-state index >= 15 is 0 Å². The third-order valence-electron chi connectivity index (χ3n) is 3.16. The summed E-state index contributed by atoms with van der Waals surface area (Å²) in [5.74, 6) is 0. The summed E-state index contributed by atoms with van der Waals surface area (Å²) in [6, 6.07) is 15.2. The third-order valence-corrected chi connectivity index (χ3v) is 4.00. The molecule has 2 aromatic carbocycles. The number of aliphatic hydroxyl groups is 1. The summed E-state index contributed by atoms with van der Waals surface area (Å²) in [6.45, 7) is 0.441. The highest BCUT2D eigenvalue weighted by Crippen LogP contribution is 2.28. The van der Waals surface area contributed by atoms with Gasteiger partial charge in [0.05, 0.1) is 11.6 Å². The fourth-order valence-corrected chi connectivity index (χ4v) is 2.81. The molecule has 0 aliphatic carbocycles. The zero-order valence-corrected chi connectivity index (χ0v) is 11.6. The number of nitrogens with one attached hydrogen (secondary N) is 1. The van der Waals surface area contributed by atoms with Gasteiger partial charge in [0, 0.05) is 17.6 Å². The molecule has 4 nitrogen and oxygen atoms in total. The Morgan fingerprint density at radius 1 is 1.15 bits per heavy atom. The minimum absolute atomic E-state index is 0.441. The first-order valence-corrected chi connectivity index (χ1v) is 7.13. The minimum atomic E-state index is -0.573. The molecule has 0 aliphatic heterocycles. The molecule has 1 unspecified atom stereocenters. The normalized spacial score (nSPS) is 12.4. The van der Waals surface area contributed by atoms with E-state index in [2.05, 4.69) is 9.69 Å². The second-order valence-corrected chi connectivity index (χ2v) is 5.37.